The summed E-state index contributed by atoms with van der Waals surface area (Å²) < 4.78 is 34.2. The highest BCUT2D eigenvalue weighted by atomic mass is 79.9. The molecule has 6 heteroatoms. The first-order chi connectivity index (χ1) is 8.90. The third kappa shape index (κ3) is 3.23. The number of hydrogen-bond donors (Lipinski definition) is 1. The van der Waals surface area contributed by atoms with Crippen LogP contribution in [-0.2, 0) is 17.1 Å². The molecule has 3 nitrogen and oxygen atoms in total. The molecule has 0 aromatic heterocycles. The maximum absolute atomic E-state index is 14.1. The Hall–Kier alpha value is -1.17. The van der Waals surface area contributed by atoms with E-state index in [1.54, 1.807) is 6.07 Å². The molecule has 0 saturated carbocycles. The van der Waals surface area contributed by atoms with Crippen LogP contribution in [0.2, 0.25) is 0 Å². The number of aliphatic carboxylic acids is 1. The van der Waals surface area contributed by atoms with Gasteiger partial charge in [-0.2, -0.15) is 0 Å². The highest BCUT2D eigenvalue weighted by molar-refractivity contribution is 9.10. The van der Waals surface area contributed by atoms with Crippen molar-refractivity contribution in [2.45, 2.75) is 31.6 Å². The molecule has 19 heavy (non-hydrogen) atoms. The first-order valence-electron chi connectivity index (χ1n) is 5.95. The van der Waals surface area contributed by atoms with Gasteiger partial charge in [0.2, 0.25) is 0 Å². The summed E-state index contributed by atoms with van der Waals surface area (Å²) in [5.74, 6) is -3.89. The fraction of sp³-hybridized carbons (Fsp3) is 0.462. The van der Waals surface area contributed by atoms with Crippen LogP contribution < -0.4 is 4.74 Å². The van der Waals surface area contributed by atoms with Gasteiger partial charge in [-0.15, -0.1) is 0 Å². The first kappa shape index (κ1) is 14.2. The Balaban J connectivity index is 2.22. The first-order valence-corrected chi connectivity index (χ1v) is 6.75. The largest absolute Gasteiger partial charge is 0.492 e. The smallest absolute Gasteiger partial charge is 0.303 e. The van der Waals surface area contributed by atoms with Crippen molar-refractivity contribution in [3.8, 4) is 5.75 Å². The molecule has 0 amide bonds. The van der Waals surface area contributed by atoms with Crippen LogP contribution in [0.15, 0.2) is 16.6 Å². The van der Waals surface area contributed by atoms with Gasteiger partial charge in [-0.1, -0.05) is 15.9 Å². The van der Waals surface area contributed by atoms with Gasteiger partial charge in [0, 0.05) is 23.7 Å². The molecule has 1 heterocycles. The van der Waals surface area contributed by atoms with Gasteiger partial charge >= 0.3 is 5.97 Å². The number of alkyl halides is 2. The van der Waals surface area contributed by atoms with Crippen LogP contribution in [0.4, 0.5) is 8.78 Å². The molecule has 1 aliphatic heterocycles. The van der Waals surface area contributed by atoms with E-state index < -0.39 is 18.3 Å². The van der Waals surface area contributed by atoms with Crippen molar-refractivity contribution in [3.05, 3.63) is 27.7 Å². The van der Waals surface area contributed by atoms with Crippen LogP contribution in [0.3, 0.4) is 0 Å². The summed E-state index contributed by atoms with van der Waals surface area (Å²) in [6.45, 7) is 0.407. The Morgan fingerprint density at radius 2 is 2.21 bits per heavy atom. The third-order valence-corrected chi connectivity index (χ3v) is 3.48. The van der Waals surface area contributed by atoms with Gasteiger partial charge < -0.3 is 9.84 Å². The predicted octanol–water partition coefficient (Wildman–Crippen LogP) is 3.73. The number of carboxylic acid groups (broad SMARTS) is 1. The molecule has 0 aliphatic carbocycles. The molecule has 0 radical (unpaired) electrons. The minimum Gasteiger partial charge on any atom is -0.492 e. The van der Waals surface area contributed by atoms with Crippen LogP contribution in [0.5, 0.6) is 5.75 Å². The Labute approximate surface area is 117 Å². The summed E-state index contributed by atoms with van der Waals surface area (Å²) in [7, 11) is 0. The second kappa shape index (κ2) is 5.45. The van der Waals surface area contributed by atoms with E-state index in [1.807, 2.05) is 0 Å². The summed E-state index contributed by atoms with van der Waals surface area (Å²) in [6.07, 6.45) is -0.200. The number of benzene rings is 1. The number of hydrogen-bond acceptors (Lipinski definition) is 2. The Morgan fingerprint density at radius 1 is 1.47 bits per heavy atom. The number of fused-ring (bicyclic) bond motifs is 1. The van der Waals surface area contributed by atoms with E-state index in [0.717, 1.165) is 5.56 Å². The van der Waals surface area contributed by atoms with Crippen molar-refractivity contribution >= 4 is 21.9 Å². The van der Waals surface area contributed by atoms with Gasteiger partial charge in [-0.05, 0) is 24.1 Å². The lowest BCUT2D eigenvalue weighted by Crippen LogP contribution is -2.15. The third-order valence-electron chi connectivity index (χ3n) is 3.02. The fourth-order valence-corrected chi connectivity index (χ4v) is 2.64. The Morgan fingerprint density at radius 3 is 2.89 bits per heavy atom. The molecule has 0 spiro atoms. The van der Waals surface area contributed by atoms with Crippen LogP contribution in [0.25, 0.3) is 0 Å². The maximum atomic E-state index is 14.1. The lowest BCUT2D eigenvalue weighted by molar-refractivity contribution is -0.137. The van der Waals surface area contributed by atoms with Crippen molar-refractivity contribution in [2.75, 3.05) is 6.61 Å². The SMILES string of the molecule is O=C(O)CCCC(F)(F)c1cc(Br)cc2c1OCC2. The van der Waals surface area contributed by atoms with E-state index in [0.29, 0.717) is 17.5 Å². The summed E-state index contributed by atoms with van der Waals surface area (Å²) in [5, 5.41) is 8.50. The standard InChI is InChI=1S/C13H13BrF2O3/c14-9-6-8-3-5-19-12(8)10(7-9)13(15,16)4-1-2-11(17)18/h6-7H,1-5H2,(H,17,18). The number of rotatable bonds is 5. The van der Waals surface area contributed by atoms with E-state index in [9.17, 15) is 13.6 Å². The maximum Gasteiger partial charge on any atom is 0.303 e. The molecule has 0 fully saturated rings. The molecule has 0 bridgehead atoms. The van der Waals surface area contributed by atoms with E-state index in [1.165, 1.54) is 6.07 Å². The average Bonchev–Trinajstić information content (AvgIpc) is 2.74. The van der Waals surface area contributed by atoms with Gasteiger partial charge in [-0.3, -0.25) is 4.79 Å². The molecular formula is C13H13BrF2O3. The molecule has 0 unspecified atom stereocenters. The number of carbonyl (C=O) groups is 1. The normalized spacial score (nSPS) is 14.1. The van der Waals surface area contributed by atoms with E-state index in [4.69, 9.17) is 9.84 Å². The van der Waals surface area contributed by atoms with Crippen LogP contribution >= 0.6 is 15.9 Å². The minimum atomic E-state index is -3.08. The summed E-state index contributed by atoms with van der Waals surface area (Å²) in [6, 6.07) is 3.13. The van der Waals surface area contributed by atoms with Crippen molar-refractivity contribution in [1.29, 1.82) is 0 Å². The van der Waals surface area contributed by atoms with Crippen molar-refractivity contribution < 1.29 is 23.4 Å². The minimum absolute atomic E-state index is 0.0659. The summed E-state index contributed by atoms with van der Waals surface area (Å²) in [5.41, 5.74) is 0.613. The molecular weight excluding hydrogens is 322 g/mol. The van der Waals surface area contributed by atoms with E-state index >= 15 is 0 Å². The molecule has 1 aliphatic rings. The monoisotopic (exact) mass is 334 g/mol. The van der Waals surface area contributed by atoms with Crippen molar-refractivity contribution in [2.24, 2.45) is 0 Å². The van der Waals surface area contributed by atoms with Crippen LogP contribution in [0.1, 0.15) is 30.4 Å². The number of ether oxygens (including phenoxy) is 1. The lowest BCUT2D eigenvalue weighted by atomic mass is 9.99. The summed E-state index contributed by atoms with van der Waals surface area (Å²) in [4.78, 5) is 10.4. The summed E-state index contributed by atoms with van der Waals surface area (Å²) >= 11 is 3.22. The molecule has 1 aromatic rings. The quantitative estimate of drug-likeness (QED) is 0.892. The highest BCUT2D eigenvalue weighted by Crippen LogP contribution is 2.44. The van der Waals surface area contributed by atoms with E-state index in [2.05, 4.69) is 15.9 Å². The van der Waals surface area contributed by atoms with Gasteiger partial charge in [0.1, 0.15) is 5.75 Å². The fourth-order valence-electron chi connectivity index (χ4n) is 2.14. The molecule has 104 valence electrons. The zero-order valence-corrected chi connectivity index (χ0v) is 11.7. The van der Waals surface area contributed by atoms with E-state index in [-0.39, 0.29) is 24.2 Å². The van der Waals surface area contributed by atoms with Crippen molar-refractivity contribution in [3.63, 3.8) is 0 Å². The van der Waals surface area contributed by atoms with Gasteiger partial charge in [0.25, 0.3) is 5.92 Å². The zero-order valence-electron chi connectivity index (χ0n) is 10.1. The number of halogens is 3. The van der Waals surface area contributed by atoms with Gasteiger partial charge in [0.15, 0.2) is 0 Å². The topological polar surface area (TPSA) is 46.5 Å². The predicted molar refractivity (Wildman–Crippen MR) is 68.7 cm³/mol. The Kier molecular flexibility index (Phi) is 4.08. The second-order valence-corrected chi connectivity index (χ2v) is 5.41. The van der Waals surface area contributed by atoms with Crippen molar-refractivity contribution in [1.82, 2.24) is 0 Å². The number of carboxylic acids is 1. The highest BCUT2D eigenvalue weighted by Gasteiger charge is 2.37. The van der Waals surface area contributed by atoms with Crippen LogP contribution in [-0.4, -0.2) is 17.7 Å². The molecule has 2 rings (SSSR count). The van der Waals surface area contributed by atoms with Gasteiger partial charge in [-0.25, -0.2) is 8.78 Å². The molecule has 0 atom stereocenters. The molecule has 0 saturated heterocycles. The van der Waals surface area contributed by atoms with Gasteiger partial charge in [0.05, 0.1) is 12.2 Å². The molecule has 1 N–H and O–H groups in total. The second-order valence-electron chi connectivity index (χ2n) is 4.49. The Bertz CT molecular complexity index is 503. The average molecular weight is 335 g/mol. The molecule has 1 aromatic carbocycles. The van der Waals surface area contributed by atoms with Crippen LogP contribution in [0, 0.1) is 0 Å². The zero-order chi connectivity index (χ0) is 14.0. The lowest BCUT2D eigenvalue weighted by Gasteiger charge is -2.19.